The zero-order chi connectivity index (χ0) is 12.1. The summed E-state index contributed by atoms with van der Waals surface area (Å²) in [6, 6.07) is 3.98. The van der Waals surface area contributed by atoms with Gasteiger partial charge in [-0.05, 0) is 37.5 Å². The van der Waals surface area contributed by atoms with Gasteiger partial charge in [-0.2, -0.15) is 0 Å². The Morgan fingerprint density at radius 1 is 1.29 bits per heavy atom. The van der Waals surface area contributed by atoms with Crippen LogP contribution in [0.5, 0.6) is 0 Å². The van der Waals surface area contributed by atoms with Crippen LogP contribution in [0.4, 0.5) is 0 Å². The Balaban J connectivity index is 1.89. The highest BCUT2D eigenvalue weighted by atomic mass is 16.1. The summed E-state index contributed by atoms with van der Waals surface area (Å²) in [7, 11) is 0. The minimum atomic E-state index is 0.0763. The van der Waals surface area contributed by atoms with Crippen LogP contribution in [0.2, 0.25) is 0 Å². The summed E-state index contributed by atoms with van der Waals surface area (Å²) in [6.45, 7) is 2.02. The fourth-order valence-corrected chi connectivity index (χ4v) is 2.43. The molecule has 1 aromatic rings. The van der Waals surface area contributed by atoms with Gasteiger partial charge in [0.15, 0.2) is 0 Å². The monoisotopic (exact) mass is 232 g/mol. The molecule has 1 aliphatic rings. The zero-order valence-corrected chi connectivity index (χ0v) is 10.4. The first kappa shape index (κ1) is 12.1. The summed E-state index contributed by atoms with van der Waals surface area (Å²) in [5.41, 5.74) is 1.11. The molecule has 1 aliphatic carbocycles. The number of amides is 1. The molecule has 0 radical (unpaired) electrons. The summed E-state index contributed by atoms with van der Waals surface area (Å²) in [5, 5.41) is 3.10. The molecule has 0 saturated heterocycles. The molecular weight excluding hydrogens is 212 g/mol. The fraction of sp³-hybridized carbons (Fsp3) is 0.571. The summed E-state index contributed by atoms with van der Waals surface area (Å²) in [6.07, 6.45) is 9.30. The van der Waals surface area contributed by atoms with Crippen LogP contribution in [0.1, 0.15) is 50.6 Å². The number of pyridine rings is 1. The second-order valence-electron chi connectivity index (χ2n) is 4.85. The predicted molar refractivity (Wildman–Crippen MR) is 67.4 cm³/mol. The number of hydrogen-bond donors (Lipinski definition) is 1. The Kier molecular flexibility index (Phi) is 4.13. The van der Waals surface area contributed by atoms with E-state index in [9.17, 15) is 4.79 Å². The summed E-state index contributed by atoms with van der Waals surface area (Å²) in [4.78, 5) is 16.0. The van der Waals surface area contributed by atoms with E-state index in [0.29, 0.717) is 0 Å². The molecule has 2 rings (SSSR count). The number of carbonyl (C=O) groups excluding carboxylic acids is 1. The third-order valence-electron chi connectivity index (χ3n) is 3.54. The van der Waals surface area contributed by atoms with Crippen molar-refractivity contribution >= 4 is 5.91 Å². The molecule has 0 aliphatic heterocycles. The molecule has 1 heterocycles. The number of aromatic nitrogens is 1. The number of nitrogens with zero attached hydrogens (tertiary/aromatic N) is 1. The van der Waals surface area contributed by atoms with E-state index in [-0.39, 0.29) is 17.9 Å². The van der Waals surface area contributed by atoms with E-state index in [4.69, 9.17) is 0 Å². The van der Waals surface area contributed by atoms with Crippen LogP contribution in [0.25, 0.3) is 0 Å². The molecule has 0 bridgehead atoms. The maximum absolute atomic E-state index is 12.1. The Hall–Kier alpha value is -1.38. The lowest BCUT2D eigenvalue weighted by atomic mass is 9.88. The van der Waals surface area contributed by atoms with Crippen molar-refractivity contribution in [3.05, 3.63) is 30.1 Å². The average molecular weight is 232 g/mol. The van der Waals surface area contributed by atoms with Crippen molar-refractivity contribution in [2.24, 2.45) is 5.92 Å². The van der Waals surface area contributed by atoms with Crippen LogP contribution in [-0.4, -0.2) is 10.9 Å². The number of hydrogen-bond acceptors (Lipinski definition) is 2. The van der Waals surface area contributed by atoms with Crippen molar-refractivity contribution in [2.75, 3.05) is 0 Å². The van der Waals surface area contributed by atoms with Gasteiger partial charge < -0.3 is 5.32 Å². The van der Waals surface area contributed by atoms with E-state index < -0.39 is 0 Å². The lowest BCUT2D eigenvalue weighted by Crippen LogP contribution is -2.33. The zero-order valence-electron chi connectivity index (χ0n) is 10.4. The van der Waals surface area contributed by atoms with Gasteiger partial charge in [-0.15, -0.1) is 0 Å². The van der Waals surface area contributed by atoms with Gasteiger partial charge in [-0.25, -0.2) is 0 Å². The van der Waals surface area contributed by atoms with Gasteiger partial charge in [0.25, 0.3) is 0 Å². The predicted octanol–water partition coefficient (Wildman–Crippen LogP) is 2.84. The molecule has 1 N–H and O–H groups in total. The topological polar surface area (TPSA) is 42.0 Å². The SMILES string of the molecule is C[C@@H](NC(=O)C1CCCCC1)c1ccncc1. The maximum Gasteiger partial charge on any atom is 0.223 e. The van der Waals surface area contributed by atoms with Crippen LogP contribution in [0.15, 0.2) is 24.5 Å². The molecule has 92 valence electrons. The lowest BCUT2D eigenvalue weighted by molar-refractivity contribution is -0.126. The number of carbonyl (C=O) groups is 1. The Bertz CT molecular complexity index is 358. The molecule has 0 aromatic carbocycles. The van der Waals surface area contributed by atoms with Gasteiger partial charge in [0, 0.05) is 18.3 Å². The molecule has 1 fully saturated rings. The average Bonchev–Trinajstić information content (AvgIpc) is 2.40. The molecule has 3 nitrogen and oxygen atoms in total. The van der Waals surface area contributed by atoms with E-state index in [1.54, 1.807) is 12.4 Å². The minimum absolute atomic E-state index is 0.0763. The summed E-state index contributed by atoms with van der Waals surface area (Å²) >= 11 is 0. The van der Waals surface area contributed by atoms with Gasteiger partial charge >= 0.3 is 0 Å². The largest absolute Gasteiger partial charge is 0.349 e. The Labute approximate surface area is 103 Å². The van der Waals surface area contributed by atoms with Gasteiger partial charge in [-0.3, -0.25) is 9.78 Å². The first-order valence-corrected chi connectivity index (χ1v) is 6.47. The highest BCUT2D eigenvalue weighted by Gasteiger charge is 2.22. The van der Waals surface area contributed by atoms with E-state index in [1.165, 1.54) is 19.3 Å². The highest BCUT2D eigenvalue weighted by Crippen LogP contribution is 2.24. The summed E-state index contributed by atoms with van der Waals surface area (Å²) < 4.78 is 0. The van der Waals surface area contributed by atoms with Gasteiger partial charge in [0.2, 0.25) is 5.91 Å². The molecule has 1 atom stereocenters. The second kappa shape index (κ2) is 5.80. The Morgan fingerprint density at radius 3 is 2.59 bits per heavy atom. The molecule has 0 spiro atoms. The minimum Gasteiger partial charge on any atom is -0.349 e. The molecule has 0 unspecified atom stereocenters. The quantitative estimate of drug-likeness (QED) is 0.870. The van der Waals surface area contributed by atoms with E-state index in [0.717, 1.165) is 18.4 Å². The summed E-state index contributed by atoms with van der Waals surface area (Å²) in [5.74, 6) is 0.446. The standard InChI is InChI=1S/C14H20N2O/c1-11(12-7-9-15-10-8-12)16-14(17)13-5-3-2-4-6-13/h7-11,13H,2-6H2,1H3,(H,16,17)/t11-/m1/s1. The van der Waals surface area contributed by atoms with Gasteiger partial charge in [-0.1, -0.05) is 19.3 Å². The molecule has 1 saturated carbocycles. The second-order valence-corrected chi connectivity index (χ2v) is 4.85. The molecule has 1 aromatic heterocycles. The van der Waals surface area contributed by atoms with E-state index >= 15 is 0 Å². The first-order chi connectivity index (χ1) is 8.27. The van der Waals surface area contributed by atoms with E-state index in [1.807, 2.05) is 19.1 Å². The van der Waals surface area contributed by atoms with Crippen molar-refractivity contribution in [3.8, 4) is 0 Å². The first-order valence-electron chi connectivity index (χ1n) is 6.47. The van der Waals surface area contributed by atoms with Crippen LogP contribution in [0.3, 0.4) is 0 Å². The number of nitrogens with one attached hydrogen (secondary N) is 1. The van der Waals surface area contributed by atoms with Crippen molar-refractivity contribution in [3.63, 3.8) is 0 Å². The van der Waals surface area contributed by atoms with Crippen LogP contribution < -0.4 is 5.32 Å². The fourth-order valence-electron chi connectivity index (χ4n) is 2.43. The Morgan fingerprint density at radius 2 is 1.94 bits per heavy atom. The van der Waals surface area contributed by atoms with E-state index in [2.05, 4.69) is 10.3 Å². The van der Waals surface area contributed by atoms with Crippen LogP contribution in [0, 0.1) is 5.92 Å². The third kappa shape index (κ3) is 3.29. The van der Waals surface area contributed by atoms with Crippen molar-refractivity contribution in [1.82, 2.24) is 10.3 Å². The lowest BCUT2D eigenvalue weighted by Gasteiger charge is -2.23. The van der Waals surface area contributed by atoms with Crippen molar-refractivity contribution < 1.29 is 4.79 Å². The highest BCUT2D eigenvalue weighted by molar-refractivity contribution is 5.79. The molecule has 1 amide bonds. The van der Waals surface area contributed by atoms with Crippen LogP contribution >= 0.6 is 0 Å². The normalized spacial score (nSPS) is 18.6. The third-order valence-corrected chi connectivity index (χ3v) is 3.54. The van der Waals surface area contributed by atoms with Crippen molar-refractivity contribution in [2.45, 2.75) is 45.1 Å². The van der Waals surface area contributed by atoms with Crippen molar-refractivity contribution in [1.29, 1.82) is 0 Å². The number of rotatable bonds is 3. The molecule has 17 heavy (non-hydrogen) atoms. The molecule has 3 heteroatoms. The smallest absolute Gasteiger partial charge is 0.223 e. The van der Waals surface area contributed by atoms with Gasteiger partial charge in [0.05, 0.1) is 6.04 Å². The maximum atomic E-state index is 12.1. The van der Waals surface area contributed by atoms with Gasteiger partial charge in [0.1, 0.15) is 0 Å². The van der Waals surface area contributed by atoms with Crippen LogP contribution in [-0.2, 0) is 4.79 Å². The molecular formula is C14H20N2O.